The highest BCUT2D eigenvalue weighted by molar-refractivity contribution is 4.82. The molecule has 1 aliphatic heterocycles. The zero-order valence-corrected chi connectivity index (χ0v) is 11.5. The van der Waals surface area contributed by atoms with E-state index in [9.17, 15) is 0 Å². The molecule has 96 valence electrons. The van der Waals surface area contributed by atoms with E-state index < -0.39 is 0 Å². The Morgan fingerprint density at radius 1 is 1.38 bits per heavy atom. The maximum atomic E-state index is 5.82. The van der Waals surface area contributed by atoms with E-state index in [0.717, 1.165) is 25.6 Å². The lowest BCUT2D eigenvalue weighted by atomic mass is 9.99. The molecule has 0 aromatic rings. The number of nitrogens with one attached hydrogen (secondary N) is 1. The van der Waals surface area contributed by atoms with Crippen molar-refractivity contribution in [2.45, 2.75) is 52.3 Å². The van der Waals surface area contributed by atoms with Gasteiger partial charge in [0.15, 0.2) is 0 Å². The van der Waals surface area contributed by atoms with Crippen molar-refractivity contribution in [3.8, 4) is 0 Å². The molecule has 16 heavy (non-hydrogen) atoms. The zero-order chi connectivity index (χ0) is 12.1. The van der Waals surface area contributed by atoms with Crippen molar-refractivity contribution in [3.63, 3.8) is 0 Å². The van der Waals surface area contributed by atoms with E-state index in [0.29, 0.717) is 18.2 Å². The van der Waals surface area contributed by atoms with Crippen LogP contribution in [0.4, 0.5) is 0 Å². The van der Waals surface area contributed by atoms with Gasteiger partial charge in [0.05, 0.1) is 12.7 Å². The SMILES string of the molecule is CCC(C)C(C)NC(C)C1CN(C)CCO1. The molecular weight excluding hydrogens is 200 g/mol. The van der Waals surface area contributed by atoms with Gasteiger partial charge in [0.1, 0.15) is 0 Å². The first-order valence-electron chi connectivity index (χ1n) is 6.60. The Balaban J connectivity index is 2.35. The molecule has 3 nitrogen and oxygen atoms in total. The fourth-order valence-electron chi connectivity index (χ4n) is 2.15. The summed E-state index contributed by atoms with van der Waals surface area (Å²) in [5.74, 6) is 0.726. The number of morpholine rings is 1. The van der Waals surface area contributed by atoms with E-state index in [4.69, 9.17) is 4.74 Å². The number of rotatable bonds is 5. The first kappa shape index (κ1) is 13.9. The summed E-state index contributed by atoms with van der Waals surface area (Å²) in [4.78, 5) is 2.35. The van der Waals surface area contributed by atoms with Crippen LogP contribution < -0.4 is 5.32 Å². The molecule has 0 amide bonds. The van der Waals surface area contributed by atoms with E-state index in [2.05, 4.69) is 45.0 Å². The van der Waals surface area contributed by atoms with E-state index in [-0.39, 0.29) is 0 Å². The summed E-state index contributed by atoms with van der Waals surface area (Å²) in [6, 6.07) is 1.00. The van der Waals surface area contributed by atoms with Crippen LogP contribution in [0, 0.1) is 5.92 Å². The van der Waals surface area contributed by atoms with Gasteiger partial charge < -0.3 is 15.0 Å². The van der Waals surface area contributed by atoms with Crippen molar-refractivity contribution >= 4 is 0 Å². The fraction of sp³-hybridized carbons (Fsp3) is 1.00. The topological polar surface area (TPSA) is 24.5 Å². The zero-order valence-electron chi connectivity index (χ0n) is 11.5. The predicted octanol–water partition coefficient (Wildman–Crippen LogP) is 1.73. The van der Waals surface area contributed by atoms with Gasteiger partial charge in [0, 0.05) is 25.2 Å². The highest BCUT2D eigenvalue weighted by Gasteiger charge is 2.25. The molecule has 1 rings (SSSR count). The van der Waals surface area contributed by atoms with Crippen molar-refractivity contribution in [2.75, 3.05) is 26.7 Å². The minimum absolute atomic E-state index is 0.338. The molecule has 0 saturated carbocycles. The molecule has 0 bridgehead atoms. The largest absolute Gasteiger partial charge is 0.374 e. The van der Waals surface area contributed by atoms with E-state index in [1.165, 1.54) is 6.42 Å². The normalized spacial score (nSPS) is 28.7. The molecule has 3 heteroatoms. The molecular formula is C13H28N2O. The van der Waals surface area contributed by atoms with Crippen molar-refractivity contribution in [1.82, 2.24) is 10.2 Å². The third-order valence-electron chi connectivity index (χ3n) is 3.88. The lowest BCUT2D eigenvalue weighted by molar-refractivity contribution is -0.0377. The molecule has 0 spiro atoms. The summed E-state index contributed by atoms with van der Waals surface area (Å²) in [7, 11) is 2.17. The van der Waals surface area contributed by atoms with Crippen LogP contribution in [0.3, 0.4) is 0 Å². The summed E-state index contributed by atoms with van der Waals surface area (Å²) in [6.07, 6.45) is 1.57. The number of hydrogen-bond donors (Lipinski definition) is 1. The van der Waals surface area contributed by atoms with Crippen LogP contribution in [-0.2, 0) is 4.74 Å². The van der Waals surface area contributed by atoms with Gasteiger partial charge in [-0.15, -0.1) is 0 Å². The van der Waals surface area contributed by atoms with E-state index in [1.54, 1.807) is 0 Å². The Bertz CT molecular complexity index is 198. The van der Waals surface area contributed by atoms with Crippen molar-refractivity contribution in [2.24, 2.45) is 5.92 Å². The molecule has 0 aromatic carbocycles. The van der Waals surface area contributed by atoms with E-state index in [1.807, 2.05) is 0 Å². The standard InChI is InChI=1S/C13H28N2O/c1-6-10(2)11(3)14-12(4)13-9-15(5)7-8-16-13/h10-14H,6-9H2,1-5H3. The number of ether oxygens (including phenoxy) is 1. The molecule has 0 radical (unpaired) electrons. The van der Waals surface area contributed by atoms with Crippen molar-refractivity contribution in [3.05, 3.63) is 0 Å². The second kappa shape index (κ2) is 6.58. The van der Waals surface area contributed by atoms with Gasteiger partial charge in [-0.2, -0.15) is 0 Å². The van der Waals surface area contributed by atoms with Gasteiger partial charge in [-0.1, -0.05) is 20.3 Å². The third kappa shape index (κ3) is 4.04. The molecule has 1 heterocycles. The lowest BCUT2D eigenvalue weighted by Gasteiger charge is -2.36. The minimum atomic E-state index is 0.338. The molecule has 1 aliphatic rings. The van der Waals surface area contributed by atoms with Crippen LogP contribution in [0.1, 0.15) is 34.1 Å². The number of nitrogens with zero attached hydrogens (tertiary/aromatic N) is 1. The summed E-state index contributed by atoms with van der Waals surface area (Å²) in [5, 5.41) is 3.67. The van der Waals surface area contributed by atoms with Gasteiger partial charge in [0.25, 0.3) is 0 Å². The smallest absolute Gasteiger partial charge is 0.0852 e. The Morgan fingerprint density at radius 2 is 2.06 bits per heavy atom. The molecule has 4 atom stereocenters. The predicted molar refractivity (Wildman–Crippen MR) is 68.8 cm³/mol. The number of likely N-dealkylation sites (N-methyl/N-ethyl adjacent to an activating group) is 1. The van der Waals surface area contributed by atoms with Crippen LogP contribution >= 0.6 is 0 Å². The average Bonchev–Trinajstić information content (AvgIpc) is 2.27. The Hall–Kier alpha value is -0.120. The van der Waals surface area contributed by atoms with Gasteiger partial charge in [-0.05, 0) is 26.8 Å². The maximum Gasteiger partial charge on any atom is 0.0852 e. The monoisotopic (exact) mass is 228 g/mol. The first-order valence-corrected chi connectivity index (χ1v) is 6.60. The van der Waals surface area contributed by atoms with Crippen LogP contribution in [0.15, 0.2) is 0 Å². The molecule has 1 N–H and O–H groups in total. The molecule has 1 saturated heterocycles. The van der Waals surface area contributed by atoms with Crippen molar-refractivity contribution < 1.29 is 4.74 Å². The second-order valence-corrected chi connectivity index (χ2v) is 5.30. The lowest BCUT2D eigenvalue weighted by Crippen LogP contribution is -2.52. The molecule has 4 unspecified atom stereocenters. The van der Waals surface area contributed by atoms with Gasteiger partial charge in [0.2, 0.25) is 0 Å². The van der Waals surface area contributed by atoms with Crippen LogP contribution in [-0.4, -0.2) is 49.8 Å². The Kier molecular flexibility index (Phi) is 5.73. The van der Waals surface area contributed by atoms with Crippen molar-refractivity contribution in [1.29, 1.82) is 0 Å². The summed E-state index contributed by atoms with van der Waals surface area (Å²) in [5.41, 5.74) is 0. The quantitative estimate of drug-likeness (QED) is 0.775. The minimum Gasteiger partial charge on any atom is -0.374 e. The van der Waals surface area contributed by atoms with Crippen LogP contribution in [0.2, 0.25) is 0 Å². The summed E-state index contributed by atoms with van der Waals surface area (Å²) in [6.45, 7) is 12.0. The van der Waals surface area contributed by atoms with Crippen LogP contribution in [0.5, 0.6) is 0 Å². The van der Waals surface area contributed by atoms with Gasteiger partial charge in [-0.3, -0.25) is 0 Å². The first-order chi connectivity index (χ1) is 7.54. The fourth-order valence-corrected chi connectivity index (χ4v) is 2.15. The van der Waals surface area contributed by atoms with Gasteiger partial charge in [-0.25, -0.2) is 0 Å². The van der Waals surface area contributed by atoms with Gasteiger partial charge >= 0.3 is 0 Å². The highest BCUT2D eigenvalue weighted by atomic mass is 16.5. The third-order valence-corrected chi connectivity index (χ3v) is 3.88. The Morgan fingerprint density at radius 3 is 2.62 bits per heavy atom. The van der Waals surface area contributed by atoms with Crippen LogP contribution in [0.25, 0.3) is 0 Å². The Labute approximate surface area is 101 Å². The molecule has 0 aliphatic carbocycles. The molecule has 0 aromatic heterocycles. The summed E-state index contributed by atoms with van der Waals surface area (Å²) >= 11 is 0. The second-order valence-electron chi connectivity index (χ2n) is 5.30. The maximum absolute atomic E-state index is 5.82. The molecule has 1 fully saturated rings. The summed E-state index contributed by atoms with van der Waals surface area (Å²) < 4.78 is 5.82. The number of hydrogen-bond acceptors (Lipinski definition) is 3. The highest BCUT2D eigenvalue weighted by Crippen LogP contribution is 2.12. The average molecular weight is 228 g/mol. The van der Waals surface area contributed by atoms with E-state index >= 15 is 0 Å².